The largest absolute Gasteiger partial charge is 0.507 e. The average Bonchev–Trinajstić information content (AvgIpc) is 3.27. The van der Waals surface area contributed by atoms with Gasteiger partial charge in [-0.2, -0.15) is 0 Å². The number of ether oxygens (including phenoxy) is 1. The van der Waals surface area contributed by atoms with Crippen molar-refractivity contribution in [3.05, 3.63) is 43.1 Å². The molecule has 2 saturated heterocycles. The van der Waals surface area contributed by atoms with Crippen LogP contribution in [0.3, 0.4) is 0 Å². The molecule has 4 heterocycles. The maximum atomic E-state index is 14.8. The third-order valence-corrected chi connectivity index (χ3v) is 6.03. The highest BCUT2D eigenvalue weighted by molar-refractivity contribution is 5.67. The highest BCUT2D eigenvalue weighted by Crippen LogP contribution is 2.36. The van der Waals surface area contributed by atoms with Crippen molar-refractivity contribution in [3.8, 4) is 28.7 Å². The zero-order valence-corrected chi connectivity index (χ0v) is 16.6. The number of hydrogen-bond donors (Lipinski definition) is 2. The molecule has 1 unspecified atom stereocenters. The van der Waals surface area contributed by atoms with Gasteiger partial charge in [-0.3, -0.25) is 0 Å². The number of fused-ring (bicyclic) bond motifs is 2. The second-order valence-corrected chi connectivity index (χ2v) is 8.31. The molecule has 8 nitrogen and oxygen atoms in total. The molecule has 3 aromatic rings. The van der Waals surface area contributed by atoms with Crippen molar-refractivity contribution in [3.63, 3.8) is 0 Å². The van der Waals surface area contributed by atoms with E-state index in [4.69, 9.17) is 4.74 Å². The third kappa shape index (κ3) is 3.49. The van der Waals surface area contributed by atoms with Gasteiger partial charge in [0.25, 0.3) is 0 Å². The molecular weight excluding hydrogens is 387 g/mol. The Balaban J connectivity index is 1.32. The Kier molecular flexibility index (Phi) is 4.62. The van der Waals surface area contributed by atoms with Gasteiger partial charge in [-0.05, 0) is 38.3 Å². The van der Waals surface area contributed by atoms with E-state index in [1.165, 1.54) is 6.20 Å². The zero-order valence-electron chi connectivity index (χ0n) is 16.6. The van der Waals surface area contributed by atoms with Crippen molar-refractivity contribution in [2.45, 2.75) is 56.5 Å². The minimum Gasteiger partial charge on any atom is -0.507 e. The van der Waals surface area contributed by atoms with E-state index in [-0.39, 0.29) is 23.3 Å². The number of halogens is 1. The van der Waals surface area contributed by atoms with Gasteiger partial charge in [0.05, 0.1) is 18.2 Å². The summed E-state index contributed by atoms with van der Waals surface area (Å²) in [6, 6.07) is 5.05. The number of aromatic nitrogens is 5. The van der Waals surface area contributed by atoms with E-state index in [0.717, 1.165) is 24.9 Å². The minimum atomic E-state index is -1.11. The Morgan fingerprint density at radius 3 is 2.97 bits per heavy atom. The summed E-state index contributed by atoms with van der Waals surface area (Å²) in [5.74, 6) is 0.0499. The molecule has 5 rings (SSSR count). The maximum Gasteiger partial charge on any atom is 0.336 e. The zero-order chi connectivity index (χ0) is 20.7. The van der Waals surface area contributed by atoms with Gasteiger partial charge in [0.15, 0.2) is 6.17 Å². The second-order valence-electron chi connectivity index (χ2n) is 8.31. The molecule has 0 saturated carbocycles. The van der Waals surface area contributed by atoms with Crippen LogP contribution >= 0.6 is 0 Å². The van der Waals surface area contributed by atoms with Gasteiger partial charge in [-0.25, -0.2) is 14.4 Å². The number of phenols is 1. The predicted octanol–water partition coefficient (Wildman–Crippen LogP) is 2.82. The monoisotopic (exact) mass is 410 g/mol. The summed E-state index contributed by atoms with van der Waals surface area (Å²) >= 11 is 0. The van der Waals surface area contributed by atoms with Crippen molar-refractivity contribution in [1.29, 1.82) is 0 Å². The van der Waals surface area contributed by atoms with E-state index in [0.29, 0.717) is 17.7 Å². The van der Waals surface area contributed by atoms with Crippen LogP contribution in [0, 0.1) is 0 Å². The number of alkyl halides is 1. The van der Waals surface area contributed by atoms with Crippen molar-refractivity contribution in [1.82, 2.24) is 30.0 Å². The van der Waals surface area contributed by atoms with Crippen LogP contribution in [0.2, 0.25) is 0 Å². The number of hydrogen-bond acceptors (Lipinski definition) is 7. The number of rotatable bonds is 4. The van der Waals surface area contributed by atoms with Crippen LogP contribution in [0.15, 0.2) is 43.1 Å². The number of benzene rings is 1. The van der Waals surface area contributed by atoms with E-state index in [2.05, 4.69) is 32.4 Å². The quantitative estimate of drug-likeness (QED) is 0.682. The molecule has 4 atom stereocenters. The lowest BCUT2D eigenvalue weighted by Crippen LogP contribution is -2.64. The molecule has 1 aromatic carbocycles. The van der Waals surface area contributed by atoms with E-state index in [1.807, 2.05) is 6.07 Å². The Labute approximate surface area is 173 Å². The van der Waals surface area contributed by atoms with Gasteiger partial charge < -0.3 is 19.7 Å². The lowest BCUT2D eigenvalue weighted by molar-refractivity contribution is -0.0243. The Morgan fingerprint density at radius 2 is 2.23 bits per heavy atom. The van der Waals surface area contributed by atoms with Gasteiger partial charge in [0.2, 0.25) is 0 Å². The molecule has 2 fully saturated rings. The number of nitrogens with zero attached hydrogens (tertiary/aromatic N) is 5. The molecule has 2 aliphatic heterocycles. The van der Waals surface area contributed by atoms with Gasteiger partial charge in [-0.15, -0.1) is 5.10 Å². The van der Waals surface area contributed by atoms with Crippen molar-refractivity contribution in [2.75, 3.05) is 0 Å². The number of phenolic OH excluding ortho intramolecular Hbond substituents is 1. The van der Waals surface area contributed by atoms with Crippen LogP contribution in [0.25, 0.3) is 16.9 Å². The topological polar surface area (TPSA) is 98.0 Å². The highest BCUT2D eigenvalue weighted by Gasteiger charge is 2.47. The van der Waals surface area contributed by atoms with Gasteiger partial charge in [0, 0.05) is 42.0 Å². The minimum absolute atomic E-state index is 0.0458. The second kappa shape index (κ2) is 7.32. The number of nitrogens with one attached hydrogen (secondary N) is 1. The smallest absolute Gasteiger partial charge is 0.336 e. The molecule has 30 heavy (non-hydrogen) atoms. The summed E-state index contributed by atoms with van der Waals surface area (Å²) < 4.78 is 22.4. The van der Waals surface area contributed by atoms with Crippen LogP contribution in [0.4, 0.5) is 4.39 Å². The van der Waals surface area contributed by atoms with E-state index >= 15 is 0 Å². The van der Waals surface area contributed by atoms with Gasteiger partial charge in [-0.1, -0.05) is 5.10 Å². The summed E-state index contributed by atoms with van der Waals surface area (Å²) in [6.45, 7) is 2.11. The summed E-state index contributed by atoms with van der Waals surface area (Å²) in [5.41, 5.74) is 1.56. The predicted molar refractivity (Wildman–Crippen MR) is 107 cm³/mol. The SMILES string of the molecule is C[C@]12CCCC(N1)[C@@H](F)[C@H](Oc1ncc(-c3ccc(-n4ccnc4)cc3O)nn1)C2. The van der Waals surface area contributed by atoms with Crippen molar-refractivity contribution >= 4 is 0 Å². The third-order valence-electron chi connectivity index (χ3n) is 6.03. The fraction of sp³-hybridized carbons (Fsp3) is 0.429. The van der Waals surface area contributed by atoms with E-state index in [1.54, 1.807) is 35.4 Å². The van der Waals surface area contributed by atoms with Crippen molar-refractivity contribution < 1.29 is 14.2 Å². The summed E-state index contributed by atoms with van der Waals surface area (Å²) in [4.78, 5) is 8.20. The Bertz CT molecular complexity index is 1030. The number of piperidine rings is 2. The van der Waals surface area contributed by atoms with Crippen LogP contribution in [-0.2, 0) is 0 Å². The first-order chi connectivity index (χ1) is 14.5. The molecule has 0 radical (unpaired) electrons. The molecule has 2 bridgehead atoms. The first-order valence-electron chi connectivity index (χ1n) is 10.1. The molecule has 0 spiro atoms. The molecule has 9 heteroatoms. The van der Waals surface area contributed by atoms with E-state index in [9.17, 15) is 9.50 Å². The van der Waals surface area contributed by atoms with Crippen LogP contribution < -0.4 is 10.1 Å². The lowest BCUT2D eigenvalue weighted by atomic mass is 9.75. The maximum absolute atomic E-state index is 14.8. The lowest BCUT2D eigenvalue weighted by Gasteiger charge is -2.48. The summed E-state index contributed by atoms with van der Waals surface area (Å²) in [5, 5.41) is 22.0. The fourth-order valence-electron chi connectivity index (χ4n) is 4.51. The number of imidazole rings is 1. The first-order valence-corrected chi connectivity index (χ1v) is 10.1. The first kappa shape index (κ1) is 18.9. The fourth-order valence-corrected chi connectivity index (χ4v) is 4.51. The summed E-state index contributed by atoms with van der Waals surface area (Å²) in [6.07, 6.45) is 8.26. The molecule has 2 N–H and O–H groups in total. The molecule has 2 aromatic heterocycles. The van der Waals surface area contributed by atoms with Crippen LogP contribution in [0.5, 0.6) is 11.8 Å². The molecule has 2 aliphatic rings. The van der Waals surface area contributed by atoms with Crippen molar-refractivity contribution in [2.24, 2.45) is 0 Å². The molecular formula is C21H23FN6O2. The normalized spacial score (nSPS) is 28.3. The Morgan fingerprint density at radius 1 is 1.33 bits per heavy atom. The Hall–Kier alpha value is -3.07. The van der Waals surface area contributed by atoms with Crippen LogP contribution in [0.1, 0.15) is 32.6 Å². The highest BCUT2D eigenvalue weighted by atomic mass is 19.1. The van der Waals surface area contributed by atoms with E-state index < -0.39 is 12.3 Å². The summed E-state index contributed by atoms with van der Waals surface area (Å²) in [7, 11) is 0. The standard InChI is InChI=1S/C21H23FN6O2/c1-21-6-2-3-15(25-21)19(22)18(10-21)30-20-24-11-16(26-27-20)14-5-4-13(9-17(14)29)28-8-7-23-12-28/h4-5,7-9,11-12,15,18-19,25,29H,2-3,6,10H2,1H3/t15?,18-,19-,21-/m1/s1. The molecule has 0 aliphatic carbocycles. The van der Waals surface area contributed by atoms with Gasteiger partial charge >= 0.3 is 6.01 Å². The average molecular weight is 410 g/mol. The molecule has 0 amide bonds. The van der Waals surface area contributed by atoms with Gasteiger partial charge in [0.1, 0.15) is 17.5 Å². The van der Waals surface area contributed by atoms with Crippen LogP contribution in [-0.4, -0.2) is 53.7 Å². The molecule has 156 valence electrons. The number of aromatic hydroxyl groups is 1.